The fourth-order valence-electron chi connectivity index (χ4n) is 2.92. The van der Waals surface area contributed by atoms with Gasteiger partial charge in [-0.3, -0.25) is 9.52 Å². The van der Waals surface area contributed by atoms with E-state index in [1.54, 1.807) is 21.6 Å². The Kier molecular flexibility index (Phi) is 4.36. The van der Waals surface area contributed by atoms with Crippen LogP contribution in [0.25, 0.3) is 0 Å². The molecule has 1 aromatic carbocycles. The van der Waals surface area contributed by atoms with Crippen molar-refractivity contribution >= 4 is 21.6 Å². The van der Waals surface area contributed by atoms with Gasteiger partial charge < -0.3 is 9.47 Å². The van der Waals surface area contributed by atoms with Crippen LogP contribution in [0.5, 0.6) is 0 Å². The van der Waals surface area contributed by atoms with Crippen LogP contribution in [0.4, 0.5) is 5.69 Å². The second-order valence-corrected chi connectivity index (χ2v) is 7.44. The van der Waals surface area contributed by atoms with Crippen molar-refractivity contribution in [1.82, 2.24) is 9.47 Å². The summed E-state index contributed by atoms with van der Waals surface area (Å²) in [6.07, 6.45) is 2.27. The smallest absolute Gasteiger partial charge is 0.270 e. The Balaban J connectivity index is 1.93. The maximum atomic E-state index is 12.7. The zero-order chi connectivity index (χ0) is 17.3. The molecule has 0 saturated carbocycles. The standard InChI is InChI=1S/C17H21N3O3S/c1-3-13-7-5-6-8-15(13)18-24(22,23)14-11-16-17(21)19(4-2)9-10-20(16)12-14/h5-8,11-12,18H,3-4,9-10H2,1-2H3. The Morgan fingerprint density at radius 3 is 2.62 bits per heavy atom. The van der Waals surface area contributed by atoms with Crippen molar-refractivity contribution < 1.29 is 13.2 Å². The Morgan fingerprint density at radius 1 is 1.17 bits per heavy atom. The number of nitrogens with zero attached hydrogens (tertiary/aromatic N) is 2. The molecule has 0 unspecified atom stereocenters. The average molecular weight is 347 g/mol. The molecule has 0 saturated heterocycles. The third-order valence-corrected chi connectivity index (χ3v) is 5.66. The number of carbonyl (C=O) groups is 1. The highest BCUT2D eigenvalue weighted by atomic mass is 32.2. The van der Waals surface area contributed by atoms with Gasteiger partial charge in [0.15, 0.2) is 0 Å². The molecule has 1 aliphatic heterocycles. The predicted molar refractivity (Wildman–Crippen MR) is 92.6 cm³/mol. The Labute approximate surface area is 142 Å². The van der Waals surface area contributed by atoms with Crippen LogP contribution >= 0.6 is 0 Å². The second-order valence-electron chi connectivity index (χ2n) is 5.76. The fraction of sp³-hybridized carbons (Fsp3) is 0.353. The molecule has 0 bridgehead atoms. The Hall–Kier alpha value is -2.28. The molecule has 0 atom stereocenters. The quantitative estimate of drug-likeness (QED) is 0.902. The molecule has 2 aromatic rings. The Bertz CT molecular complexity index is 871. The third-order valence-electron chi connectivity index (χ3n) is 4.32. The molecule has 1 amide bonds. The van der Waals surface area contributed by atoms with Gasteiger partial charge >= 0.3 is 0 Å². The summed E-state index contributed by atoms with van der Waals surface area (Å²) in [4.78, 5) is 14.2. The Morgan fingerprint density at radius 2 is 1.92 bits per heavy atom. The van der Waals surface area contributed by atoms with Gasteiger partial charge in [-0.15, -0.1) is 0 Å². The van der Waals surface area contributed by atoms with Gasteiger partial charge in [0, 0.05) is 25.8 Å². The van der Waals surface area contributed by atoms with E-state index in [-0.39, 0.29) is 10.8 Å². The lowest BCUT2D eigenvalue weighted by Crippen LogP contribution is -2.39. The molecule has 0 aliphatic carbocycles. The van der Waals surface area contributed by atoms with Gasteiger partial charge in [-0.2, -0.15) is 0 Å². The number of sulfonamides is 1. The number of rotatable bonds is 5. The number of carbonyl (C=O) groups excluding carboxylic acids is 1. The lowest BCUT2D eigenvalue weighted by atomic mass is 10.1. The van der Waals surface area contributed by atoms with Crippen molar-refractivity contribution in [1.29, 1.82) is 0 Å². The van der Waals surface area contributed by atoms with E-state index in [9.17, 15) is 13.2 Å². The molecule has 0 radical (unpaired) electrons. The van der Waals surface area contributed by atoms with E-state index in [0.717, 1.165) is 12.0 Å². The molecule has 1 aliphatic rings. The second kappa shape index (κ2) is 6.32. The average Bonchev–Trinajstić information content (AvgIpc) is 3.01. The summed E-state index contributed by atoms with van der Waals surface area (Å²) in [5.41, 5.74) is 1.93. The van der Waals surface area contributed by atoms with E-state index >= 15 is 0 Å². The van der Waals surface area contributed by atoms with Crippen LogP contribution in [0.1, 0.15) is 29.9 Å². The van der Waals surface area contributed by atoms with E-state index in [1.807, 2.05) is 26.0 Å². The van der Waals surface area contributed by atoms with E-state index in [2.05, 4.69) is 4.72 Å². The maximum Gasteiger partial charge on any atom is 0.270 e. The molecule has 7 heteroatoms. The normalized spacial score (nSPS) is 14.6. The zero-order valence-electron chi connectivity index (χ0n) is 13.8. The highest BCUT2D eigenvalue weighted by molar-refractivity contribution is 7.92. The summed E-state index contributed by atoms with van der Waals surface area (Å²) < 4.78 is 29.7. The number of benzene rings is 1. The highest BCUT2D eigenvalue weighted by Gasteiger charge is 2.27. The van der Waals surface area contributed by atoms with Gasteiger partial charge in [0.25, 0.3) is 15.9 Å². The summed E-state index contributed by atoms with van der Waals surface area (Å²) in [5.74, 6) is -0.126. The number of fused-ring (bicyclic) bond motifs is 1. The molecule has 1 aromatic heterocycles. The number of hydrogen-bond acceptors (Lipinski definition) is 3. The molecule has 24 heavy (non-hydrogen) atoms. The third kappa shape index (κ3) is 2.91. The van der Waals surface area contributed by atoms with Gasteiger partial charge in [-0.1, -0.05) is 25.1 Å². The first-order chi connectivity index (χ1) is 11.5. The first kappa shape index (κ1) is 16.6. The molecule has 0 spiro atoms. The highest BCUT2D eigenvalue weighted by Crippen LogP contribution is 2.24. The minimum absolute atomic E-state index is 0.120. The van der Waals surface area contributed by atoms with Gasteiger partial charge in [-0.25, -0.2) is 8.42 Å². The first-order valence-electron chi connectivity index (χ1n) is 8.06. The van der Waals surface area contributed by atoms with Gasteiger partial charge in [0.1, 0.15) is 10.6 Å². The van der Waals surface area contributed by atoms with Crippen molar-refractivity contribution in [3.63, 3.8) is 0 Å². The molecule has 128 valence electrons. The zero-order valence-corrected chi connectivity index (χ0v) is 14.6. The number of hydrogen-bond donors (Lipinski definition) is 1. The van der Waals surface area contributed by atoms with Crippen molar-refractivity contribution in [2.75, 3.05) is 17.8 Å². The van der Waals surface area contributed by atoms with Crippen LogP contribution in [0, 0.1) is 0 Å². The molecule has 0 fully saturated rings. The number of aromatic nitrogens is 1. The monoisotopic (exact) mass is 347 g/mol. The summed E-state index contributed by atoms with van der Waals surface area (Å²) in [5, 5.41) is 0. The topological polar surface area (TPSA) is 71.4 Å². The number of anilines is 1. The minimum atomic E-state index is -3.73. The lowest BCUT2D eigenvalue weighted by Gasteiger charge is -2.26. The summed E-state index contributed by atoms with van der Waals surface area (Å²) >= 11 is 0. The van der Waals surface area contributed by atoms with E-state index in [0.29, 0.717) is 31.0 Å². The maximum absolute atomic E-state index is 12.7. The summed E-state index contributed by atoms with van der Waals surface area (Å²) in [7, 11) is -3.73. The van der Waals surface area contributed by atoms with Crippen LogP contribution in [0.3, 0.4) is 0 Å². The summed E-state index contributed by atoms with van der Waals surface area (Å²) in [6, 6.07) is 8.78. The molecule has 3 rings (SSSR count). The van der Waals surface area contributed by atoms with Crippen molar-refractivity contribution in [3.8, 4) is 0 Å². The molecule has 1 N–H and O–H groups in total. The van der Waals surface area contributed by atoms with Crippen LogP contribution in [-0.4, -0.2) is 36.9 Å². The van der Waals surface area contributed by atoms with Gasteiger partial charge in [-0.05, 0) is 31.0 Å². The number of aryl methyl sites for hydroxylation is 1. The SMILES string of the molecule is CCc1ccccc1NS(=O)(=O)c1cc2n(c1)CCN(CC)C2=O. The number of nitrogens with one attached hydrogen (secondary N) is 1. The van der Waals surface area contributed by atoms with Crippen LogP contribution in [0.2, 0.25) is 0 Å². The van der Waals surface area contributed by atoms with Crippen LogP contribution in [-0.2, 0) is 23.0 Å². The first-order valence-corrected chi connectivity index (χ1v) is 9.54. The van der Waals surface area contributed by atoms with Gasteiger partial charge in [0.05, 0.1) is 5.69 Å². The molecular formula is C17H21N3O3S. The largest absolute Gasteiger partial charge is 0.340 e. The number of para-hydroxylation sites is 1. The van der Waals surface area contributed by atoms with Gasteiger partial charge in [0.2, 0.25) is 0 Å². The molecule has 6 nitrogen and oxygen atoms in total. The van der Waals surface area contributed by atoms with Crippen molar-refractivity contribution in [2.45, 2.75) is 31.7 Å². The van der Waals surface area contributed by atoms with Crippen LogP contribution < -0.4 is 4.72 Å². The fourth-order valence-corrected chi connectivity index (χ4v) is 4.06. The molecular weight excluding hydrogens is 326 g/mol. The number of amides is 1. The lowest BCUT2D eigenvalue weighted by molar-refractivity contribution is 0.0715. The predicted octanol–water partition coefficient (Wildman–Crippen LogP) is 2.33. The van der Waals surface area contributed by atoms with E-state index in [4.69, 9.17) is 0 Å². The van der Waals surface area contributed by atoms with E-state index < -0.39 is 10.0 Å². The van der Waals surface area contributed by atoms with Crippen molar-refractivity contribution in [2.24, 2.45) is 0 Å². The molecule has 2 heterocycles. The van der Waals surface area contributed by atoms with E-state index in [1.165, 1.54) is 12.3 Å². The summed E-state index contributed by atoms with van der Waals surface area (Å²) in [6.45, 7) is 5.71. The van der Waals surface area contributed by atoms with Crippen LogP contribution in [0.15, 0.2) is 41.4 Å². The van der Waals surface area contributed by atoms with Crippen molar-refractivity contribution in [3.05, 3.63) is 47.8 Å². The number of likely N-dealkylation sites (N-methyl/N-ethyl adjacent to an activating group) is 1. The minimum Gasteiger partial charge on any atom is -0.340 e.